The lowest BCUT2D eigenvalue weighted by molar-refractivity contribution is -0.137. The average Bonchev–Trinajstić information content (AvgIpc) is 2.68. The number of anilines is 1. The average molecular weight is 424 g/mol. The second-order valence-corrected chi connectivity index (χ2v) is 8.40. The van der Waals surface area contributed by atoms with Gasteiger partial charge in [-0.2, -0.15) is 13.2 Å². The fourth-order valence-corrected chi connectivity index (χ4v) is 4.12. The van der Waals surface area contributed by atoms with E-state index in [-0.39, 0.29) is 17.2 Å². The van der Waals surface area contributed by atoms with Crippen molar-refractivity contribution >= 4 is 21.6 Å². The number of hydrogen-bond acceptors (Lipinski definition) is 3. The Bertz CT molecular complexity index is 1040. The molecule has 5 nitrogen and oxygen atoms in total. The van der Waals surface area contributed by atoms with Gasteiger partial charge >= 0.3 is 6.18 Å². The molecule has 0 radical (unpaired) electrons. The van der Waals surface area contributed by atoms with Crippen molar-refractivity contribution in [3.8, 4) is 0 Å². The van der Waals surface area contributed by atoms with Gasteiger partial charge in [0.05, 0.1) is 21.7 Å². The number of alkyl halides is 3. The third-order valence-electron chi connectivity index (χ3n) is 4.63. The van der Waals surface area contributed by atoms with Crippen LogP contribution in [0.5, 0.6) is 0 Å². The molecular formula is C20H19F3N2O3S. The fourth-order valence-electron chi connectivity index (χ4n) is 3.00. The molecule has 29 heavy (non-hydrogen) atoms. The van der Waals surface area contributed by atoms with E-state index < -0.39 is 26.7 Å². The highest BCUT2D eigenvalue weighted by molar-refractivity contribution is 7.92. The maximum absolute atomic E-state index is 12.9. The fraction of sp³-hybridized carbons (Fsp3) is 0.250. The summed E-state index contributed by atoms with van der Waals surface area (Å²) in [6.07, 6.45) is -3.33. The summed E-state index contributed by atoms with van der Waals surface area (Å²) in [7, 11) is -4.33. The molecule has 1 heterocycles. The molecule has 1 aliphatic rings. The van der Waals surface area contributed by atoms with Crippen LogP contribution in [0.1, 0.15) is 28.8 Å². The third kappa shape index (κ3) is 4.79. The zero-order valence-electron chi connectivity index (χ0n) is 15.4. The summed E-state index contributed by atoms with van der Waals surface area (Å²) in [6, 6.07) is 9.46. The Labute approximate surface area is 166 Å². The van der Waals surface area contributed by atoms with Gasteiger partial charge in [-0.1, -0.05) is 30.4 Å². The number of carbonyl (C=O) groups is 1. The molecule has 0 aromatic heterocycles. The van der Waals surface area contributed by atoms with Crippen LogP contribution in [-0.4, -0.2) is 32.3 Å². The van der Waals surface area contributed by atoms with Crippen LogP contribution < -0.4 is 4.72 Å². The van der Waals surface area contributed by atoms with E-state index in [4.69, 9.17) is 0 Å². The molecule has 0 atom stereocenters. The number of halogens is 3. The molecule has 2 aromatic rings. The van der Waals surface area contributed by atoms with Gasteiger partial charge in [0.25, 0.3) is 15.9 Å². The molecule has 0 bridgehead atoms. The van der Waals surface area contributed by atoms with Gasteiger partial charge in [-0.3, -0.25) is 9.52 Å². The zero-order chi connectivity index (χ0) is 21.2. The smallest absolute Gasteiger partial charge is 0.338 e. The van der Waals surface area contributed by atoms with Gasteiger partial charge in [0, 0.05) is 13.1 Å². The van der Waals surface area contributed by atoms with E-state index in [0.717, 1.165) is 23.8 Å². The number of carbonyl (C=O) groups excluding carboxylic acids is 1. The molecule has 3 rings (SSSR count). The zero-order valence-corrected chi connectivity index (χ0v) is 16.2. The molecule has 0 aliphatic carbocycles. The van der Waals surface area contributed by atoms with Gasteiger partial charge in [0.2, 0.25) is 0 Å². The Kier molecular flexibility index (Phi) is 5.70. The van der Waals surface area contributed by atoms with Gasteiger partial charge < -0.3 is 4.90 Å². The lowest BCUT2D eigenvalue weighted by Gasteiger charge is -2.28. The van der Waals surface area contributed by atoms with Gasteiger partial charge in [0.1, 0.15) is 0 Å². The maximum Gasteiger partial charge on any atom is 0.416 e. The number of rotatable bonds is 4. The van der Waals surface area contributed by atoms with E-state index >= 15 is 0 Å². The molecule has 0 spiro atoms. The van der Waals surface area contributed by atoms with Crippen LogP contribution >= 0.6 is 0 Å². The number of nitrogens with zero attached hydrogens (tertiary/aromatic N) is 1. The molecule has 1 N–H and O–H groups in total. The maximum atomic E-state index is 12.9. The topological polar surface area (TPSA) is 66.5 Å². The second-order valence-electron chi connectivity index (χ2n) is 6.72. The quantitative estimate of drug-likeness (QED) is 0.745. The van der Waals surface area contributed by atoms with Crippen molar-refractivity contribution in [3.05, 3.63) is 71.8 Å². The van der Waals surface area contributed by atoms with E-state index in [1.54, 1.807) is 17.0 Å². The van der Waals surface area contributed by atoms with E-state index in [1.807, 2.05) is 0 Å². The summed E-state index contributed by atoms with van der Waals surface area (Å²) >= 11 is 0. The van der Waals surface area contributed by atoms with Crippen molar-refractivity contribution in [2.24, 2.45) is 0 Å². The number of benzene rings is 2. The van der Waals surface area contributed by atoms with Crippen molar-refractivity contribution in [1.82, 2.24) is 4.90 Å². The molecule has 1 amide bonds. The number of likely N-dealkylation sites (tertiary alicyclic amines) is 1. The molecule has 1 fully saturated rings. The summed E-state index contributed by atoms with van der Waals surface area (Å²) in [5, 5.41) is 0. The molecule has 2 aromatic carbocycles. The number of amides is 1. The predicted molar refractivity (Wildman–Crippen MR) is 103 cm³/mol. The predicted octanol–water partition coefficient (Wildman–Crippen LogP) is 4.30. The first-order chi connectivity index (χ1) is 13.6. The molecule has 1 saturated heterocycles. The Morgan fingerprint density at radius 3 is 2.34 bits per heavy atom. The number of sulfonamides is 1. The molecule has 1 aliphatic heterocycles. The number of nitrogens with one attached hydrogen (secondary N) is 1. The highest BCUT2D eigenvalue weighted by Crippen LogP contribution is 2.31. The molecule has 9 heteroatoms. The van der Waals surface area contributed by atoms with E-state index in [9.17, 15) is 26.4 Å². The molecular weight excluding hydrogens is 405 g/mol. The summed E-state index contributed by atoms with van der Waals surface area (Å²) in [5.74, 6) is -0.347. The van der Waals surface area contributed by atoms with E-state index in [2.05, 4.69) is 11.3 Å². The van der Waals surface area contributed by atoms with Crippen LogP contribution in [0.3, 0.4) is 0 Å². The monoisotopic (exact) mass is 424 g/mol. The number of hydrogen-bond donors (Lipinski definition) is 1. The number of piperidine rings is 1. The number of para-hydroxylation sites is 1. The second kappa shape index (κ2) is 7.90. The van der Waals surface area contributed by atoms with Crippen molar-refractivity contribution in [1.29, 1.82) is 0 Å². The van der Waals surface area contributed by atoms with Crippen molar-refractivity contribution in [2.45, 2.75) is 23.9 Å². The minimum atomic E-state index is -4.67. The lowest BCUT2D eigenvalue weighted by Crippen LogP contribution is -2.36. The van der Waals surface area contributed by atoms with Crippen LogP contribution in [0.4, 0.5) is 18.9 Å². The highest BCUT2D eigenvalue weighted by Gasteiger charge is 2.32. The summed E-state index contributed by atoms with van der Waals surface area (Å²) in [4.78, 5) is 13.9. The Balaban J connectivity index is 1.89. The summed E-state index contributed by atoms with van der Waals surface area (Å²) < 4.78 is 66.3. The van der Waals surface area contributed by atoms with Crippen molar-refractivity contribution < 1.29 is 26.4 Å². The summed E-state index contributed by atoms with van der Waals surface area (Å²) in [5.41, 5.74) is 0.126. The van der Waals surface area contributed by atoms with Gasteiger partial charge in [-0.05, 0) is 43.2 Å². The molecule has 0 unspecified atom stereocenters. The van der Waals surface area contributed by atoms with E-state index in [0.29, 0.717) is 32.0 Å². The Morgan fingerprint density at radius 2 is 1.69 bits per heavy atom. The minimum Gasteiger partial charge on any atom is -0.338 e. The first kappa shape index (κ1) is 20.9. The Morgan fingerprint density at radius 1 is 1.03 bits per heavy atom. The highest BCUT2D eigenvalue weighted by atomic mass is 32.2. The van der Waals surface area contributed by atoms with Gasteiger partial charge in [0.15, 0.2) is 0 Å². The lowest BCUT2D eigenvalue weighted by atomic mass is 10.0. The summed E-state index contributed by atoms with van der Waals surface area (Å²) in [6.45, 7) is 4.85. The van der Waals surface area contributed by atoms with Crippen molar-refractivity contribution in [2.75, 3.05) is 17.8 Å². The molecule has 154 valence electrons. The third-order valence-corrected chi connectivity index (χ3v) is 5.99. The van der Waals surface area contributed by atoms with Crippen LogP contribution in [0.15, 0.2) is 65.6 Å². The van der Waals surface area contributed by atoms with Crippen LogP contribution in [0, 0.1) is 0 Å². The SMILES string of the molecule is C=C1CCN(C(=O)c2ccccc2NS(=O)(=O)c2cccc(C(F)(F)F)c2)CC1. The van der Waals surface area contributed by atoms with Crippen LogP contribution in [0.25, 0.3) is 0 Å². The largest absolute Gasteiger partial charge is 0.416 e. The van der Waals surface area contributed by atoms with Crippen LogP contribution in [-0.2, 0) is 16.2 Å². The molecule has 0 saturated carbocycles. The van der Waals surface area contributed by atoms with Crippen LogP contribution in [0.2, 0.25) is 0 Å². The standard InChI is InChI=1S/C20H19F3N2O3S/c1-14-9-11-25(12-10-14)19(26)17-7-2-3-8-18(17)24-29(27,28)16-6-4-5-15(13-16)20(21,22)23/h2-8,13,24H,1,9-12H2. The Hall–Kier alpha value is -2.81. The normalized spacial score (nSPS) is 15.3. The first-order valence-electron chi connectivity index (χ1n) is 8.83. The minimum absolute atomic E-state index is 0.0133. The van der Waals surface area contributed by atoms with Gasteiger partial charge in [-0.25, -0.2) is 8.42 Å². The van der Waals surface area contributed by atoms with Crippen molar-refractivity contribution in [3.63, 3.8) is 0 Å². The van der Waals surface area contributed by atoms with Gasteiger partial charge in [-0.15, -0.1) is 0 Å². The first-order valence-corrected chi connectivity index (χ1v) is 10.3. The van der Waals surface area contributed by atoms with E-state index in [1.165, 1.54) is 12.1 Å².